The van der Waals surface area contributed by atoms with E-state index in [-0.39, 0.29) is 6.10 Å². The van der Waals surface area contributed by atoms with E-state index >= 15 is 0 Å². The fraction of sp³-hybridized carbons (Fsp3) is 1.00. The molecule has 1 N–H and O–H groups in total. The highest BCUT2D eigenvalue weighted by Gasteiger charge is 2.17. The van der Waals surface area contributed by atoms with Gasteiger partial charge in [-0.1, -0.05) is 33.1 Å². The van der Waals surface area contributed by atoms with E-state index in [2.05, 4.69) is 0 Å². The zero-order valence-electron chi connectivity index (χ0n) is 8.14. The van der Waals surface area contributed by atoms with Gasteiger partial charge >= 0.3 is 0 Å². The fourth-order valence-corrected chi connectivity index (χ4v) is 1.62. The highest BCUT2D eigenvalue weighted by Crippen LogP contribution is 2.25. The number of hydrogen-bond donors (Lipinski definition) is 1. The maximum Gasteiger partial charge on any atom is 0.0540 e. The van der Waals surface area contributed by atoms with Crippen molar-refractivity contribution in [2.75, 3.05) is 0 Å². The Labute approximate surface area is 70.8 Å². The monoisotopic (exact) mass is 158 g/mol. The van der Waals surface area contributed by atoms with Gasteiger partial charge in [0.1, 0.15) is 0 Å². The topological polar surface area (TPSA) is 20.2 Å². The molecule has 0 aliphatic heterocycles. The number of rotatable bonds is 1. The highest BCUT2D eigenvalue weighted by molar-refractivity contribution is 4.69. The standard InChI is InChI=1S/C8H16O.C2H6/c1-7(9)8-5-3-2-4-6-8;1-2/h7-9H,2-6H2,1H3;1-2H3. The summed E-state index contributed by atoms with van der Waals surface area (Å²) in [6.45, 7) is 5.91. The molecule has 68 valence electrons. The van der Waals surface area contributed by atoms with Crippen molar-refractivity contribution in [3.63, 3.8) is 0 Å². The second-order valence-corrected chi connectivity index (χ2v) is 3.14. The molecule has 1 fully saturated rings. The zero-order chi connectivity index (χ0) is 8.69. The van der Waals surface area contributed by atoms with Crippen molar-refractivity contribution in [1.82, 2.24) is 0 Å². The molecule has 1 atom stereocenters. The van der Waals surface area contributed by atoms with Crippen LogP contribution in [-0.2, 0) is 0 Å². The van der Waals surface area contributed by atoms with E-state index in [1.54, 1.807) is 0 Å². The predicted octanol–water partition coefficient (Wildman–Crippen LogP) is 2.97. The first kappa shape index (κ1) is 11.0. The summed E-state index contributed by atoms with van der Waals surface area (Å²) in [5.74, 6) is 0.610. The molecule has 1 unspecified atom stereocenters. The van der Waals surface area contributed by atoms with Gasteiger partial charge in [0.25, 0.3) is 0 Å². The molecule has 0 saturated heterocycles. The van der Waals surface area contributed by atoms with Crippen LogP contribution in [0.4, 0.5) is 0 Å². The molecule has 1 saturated carbocycles. The van der Waals surface area contributed by atoms with Crippen molar-refractivity contribution in [2.24, 2.45) is 5.92 Å². The molecule has 0 spiro atoms. The molecule has 0 aromatic heterocycles. The van der Waals surface area contributed by atoms with Crippen LogP contribution in [0.5, 0.6) is 0 Å². The highest BCUT2D eigenvalue weighted by atomic mass is 16.3. The Morgan fingerprint density at radius 1 is 1.09 bits per heavy atom. The van der Waals surface area contributed by atoms with Crippen molar-refractivity contribution in [3.8, 4) is 0 Å². The molecule has 0 heterocycles. The Hall–Kier alpha value is -0.0400. The van der Waals surface area contributed by atoms with Crippen molar-refractivity contribution in [1.29, 1.82) is 0 Å². The van der Waals surface area contributed by atoms with Gasteiger partial charge in [-0.2, -0.15) is 0 Å². The summed E-state index contributed by atoms with van der Waals surface area (Å²) in [5, 5.41) is 9.18. The third-order valence-corrected chi connectivity index (χ3v) is 2.33. The van der Waals surface area contributed by atoms with Gasteiger partial charge in [0.15, 0.2) is 0 Å². The first-order chi connectivity index (χ1) is 5.30. The Balaban J connectivity index is 0.000000461. The minimum Gasteiger partial charge on any atom is -0.393 e. The Kier molecular flexibility index (Phi) is 6.63. The van der Waals surface area contributed by atoms with Gasteiger partial charge in [-0.15, -0.1) is 0 Å². The number of hydrogen-bond acceptors (Lipinski definition) is 1. The van der Waals surface area contributed by atoms with E-state index in [0.717, 1.165) is 0 Å². The van der Waals surface area contributed by atoms with Gasteiger partial charge < -0.3 is 5.11 Å². The van der Waals surface area contributed by atoms with E-state index in [4.69, 9.17) is 0 Å². The summed E-state index contributed by atoms with van der Waals surface area (Å²) in [7, 11) is 0. The van der Waals surface area contributed by atoms with Gasteiger partial charge in [-0.05, 0) is 25.7 Å². The van der Waals surface area contributed by atoms with Crippen LogP contribution in [0.25, 0.3) is 0 Å². The number of aliphatic hydroxyl groups excluding tert-OH is 1. The maximum atomic E-state index is 9.18. The number of aliphatic hydroxyl groups is 1. The van der Waals surface area contributed by atoms with Crippen LogP contribution in [0, 0.1) is 5.92 Å². The molecule has 1 rings (SSSR count). The SMILES string of the molecule is CC.CC(O)C1CCCCC1. The van der Waals surface area contributed by atoms with E-state index in [1.807, 2.05) is 20.8 Å². The molecule has 1 nitrogen and oxygen atoms in total. The van der Waals surface area contributed by atoms with Crippen LogP contribution in [0.3, 0.4) is 0 Å². The van der Waals surface area contributed by atoms with Crippen LogP contribution in [0.15, 0.2) is 0 Å². The van der Waals surface area contributed by atoms with Gasteiger partial charge in [-0.25, -0.2) is 0 Å². The lowest BCUT2D eigenvalue weighted by atomic mass is 9.86. The average Bonchev–Trinajstić information content (AvgIpc) is 2.10. The largest absolute Gasteiger partial charge is 0.393 e. The van der Waals surface area contributed by atoms with Crippen LogP contribution < -0.4 is 0 Å². The van der Waals surface area contributed by atoms with Crippen molar-refractivity contribution < 1.29 is 5.11 Å². The quantitative estimate of drug-likeness (QED) is 0.622. The maximum absolute atomic E-state index is 9.18. The van der Waals surface area contributed by atoms with E-state index < -0.39 is 0 Å². The summed E-state index contributed by atoms with van der Waals surface area (Å²) >= 11 is 0. The lowest BCUT2D eigenvalue weighted by Crippen LogP contribution is -2.19. The predicted molar refractivity (Wildman–Crippen MR) is 49.6 cm³/mol. The molecule has 1 aliphatic rings. The van der Waals surface area contributed by atoms with Gasteiger partial charge in [0, 0.05) is 0 Å². The third-order valence-electron chi connectivity index (χ3n) is 2.33. The molecule has 0 amide bonds. The van der Waals surface area contributed by atoms with Gasteiger partial charge in [0.2, 0.25) is 0 Å². The molecule has 0 aromatic rings. The first-order valence-electron chi connectivity index (χ1n) is 4.99. The lowest BCUT2D eigenvalue weighted by Gasteiger charge is -2.23. The molecule has 0 bridgehead atoms. The lowest BCUT2D eigenvalue weighted by molar-refractivity contribution is 0.101. The smallest absolute Gasteiger partial charge is 0.0540 e. The fourth-order valence-electron chi connectivity index (χ4n) is 1.62. The summed E-state index contributed by atoms with van der Waals surface area (Å²) in [6.07, 6.45) is 6.47. The second-order valence-electron chi connectivity index (χ2n) is 3.14. The summed E-state index contributed by atoms with van der Waals surface area (Å²) in [6, 6.07) is 0. The van der Waals surface area contributed by atoms with Gasteiger partial charge in [0.05, 0.1) is 6.10 Å². The van der Waals surface area contributed by atoms with Crippen LogP contribution in [0.2, 0.25) is 0 Å². The van der Waals surface area contributed by atoms with Crippen molar-refractivity contribution >= 4 is 0 Å². The molecule has 1 heteroatoms. The van der Waals surface area contributed by atoms with Crippen LogP contribution >= 0.6 is 0 Å². The Morgan fingerprint density at radius 2 is 1.55 bits per heavy atom. The summed E-state index contributed by atoms with van der Waals surface area (Å²) in [4.78, 5) is 0. The normalized spacial score (nSPS) is 21.8. The Bertz CT molecular complexity index is 72.9. The molecule has 1 aliphatic carbocycles. The van der Waals surface area contributed by atoms with E-state index in [0.29, 0.717) is 5.92 Å². The molecule has 0 radical (unpaired) electrons. The van der Waals surface area contributed by atoms with E-state index in [9.17, 15) is 5.11 Å². The molecule has 11 heavy (non-hydrogen) atoms. The second kappa shape index (κ2) is 6.66. The zero-order valence-corrected chi connectivity index (χ0v) is 8.14. The third kappa shape index (κ3) is 4.41. The average molecular weight is 158 g/mol. The molecular formula is C10H22O. The van der Waals surface area contributed by atoms with Crippen molar-refractivity contribution in [2.45, 2.75) is 59.0 Å². The van der Waals surface area contributed by atoms with Crippen LogP contribution in [0.1, 0.15) is 52.9 Å². The summed E-state index contributed by atoms with van der Waals surface area (Å²) < 4.78 is 0. The molecular weight excluding hydrogens is 136 g/mol. The van der Waals surface area contributed by atoms with Crippen molar-refractivity contribution in [3.05, 3.63) is 0 Å². The minimum atomic E-state index is -0.0645. The van der Waals surface area contributed by atoms with E-state index in [1.165, 1.54) is 32.1 Å². The molecule has 0 aromatic carbocycles. The van der Waals surface area contributed by atoms with Crippen LogP contribution in [-0.4, -0.2) is 11.2 Å². The Morgan fingerprint density at radius 3 is 1.82 bits per heavy atom. The summed E-state index contributed by atoms with van der Waals surface area (Å²) in [5.41, 5.74) is 0. The first-order valence-corrected chi connectivity index (χ1v) is 4.99. The van der Waals surface area contributed by atoms with Gasteiger partial charge in [-0.3, -0.25) is 0 Å². The minimum absolute atomic E-state index is 0.0645.